The van der Waals surface area contributed by atoms with Crippen molar-refractivity contribution >= 4 is 17.2 Å². The van der Waals surface area contributed by atoms with Crippen LogP contribution in [0.4, 0.5) is 5.69 Å². The number of piperazine rings is 1. The summed E-state index contributed by atoms with van der Waals surface area (Å²) in [6.45, 7) is 8.55. The molecule has 0 radical (unpaired) electrons. The number of nitroso groups, excluding NO2 is 1. The molecular weight excluding hydrogens is 452 g/mol. The molecule has 2 heterocycles. The predicted octanol–water partition coefficient (Wildman–Crippen LogP) is 5.59. The van der Waals surface area contributed by atoms with Gasteiger partial charge in [-0.05, 0) is 56.4 Å². The van der Waals surface area contributed by atoms with E-state index >= 15 is 0 Å². The molecule has 1 amide bonds. The molecule has 3 aromatic rings. The Labute approximate surface area is 211 Å². The molecule has 2 fully saturated rings. The lowest BCUT2D eigenvalue weighted by Crippen LogP contribution is -2.47. The zero-order chi connectivity index (χ0) is 25.1. The van der Waals surface area contributed by atoms with Gasteiger partial charge in [-0.15, -0.1) is 4.91 Å². The number of benzene rings is 2. The molecule has 5 rings (SSSR count). The highest BCUT2D eigenvalue weighted by molar-refractivity contribution is 6.20. The van der Waals surface area contributed by atoms with Crippen LogP contribution in [0.5, 0.6) is 0 Å². The normalized spacial score (nSPS) is 16.8. The first-order chi connectivity index (χ1) is 17.6. The second kappa shape index (κ2) is 10.6. The van der Waals surface area contributed by atoms with Crippen molar-refractivity contribution in [3.05, 3.63) is 82.0 Å². The summed E-state index contributed by atoms with van der Waals surface area (Å²) in [4.78, 5) is 27.5. The van der Waals surface area contributed by atoms with Crippen LogP contribution in [-0.2, 0) is 11.2 Å². The fourth-order valence-corrected chi connectivity index (χ4v) is 5.14. The average molecular weight is 485 g/mol. The molecule has 36 heavy (non-hydrogen) atoms. The minimum atomic E-state index is -0.727. The van der Waals surface area contributed by atoms with Crippen LogP contribution in [0.2, 0.25) is 0 Å². The van der Waals surface area contributed by atoms with Crippen molar-refractivity contribution in [2.45, 2.75) is 39.0 Å². The molecular formula is C29H32N4O3. The van der Waals surface area contributed by atoms with Gasteiger partial charge >= 0.3 is 5.91 Å². The summed E-state index contributed by atoms with van der Waals surface area (Å²) in [6.07, 6.45) is 4.99. The van der Waals surface area contributed by atoms with E-state index in [0.29, 0.717) is 11.5 Å². The summed E-state index contributed by atoms with van der Waals surface area (Å²) in [5.74, 6) is 0.899. The maximum absolute atomic E-state index is 11.9. The van der Waals surface area contributed by atoms with Crippen LogP contribution < -0.4 is 4.90 Å². The molecule has 1 saturated carbocycles. The summed E-state index contributed by atoms with van der Waals surface area (Å²) in [7, 11) is 0. The summed E-state index contributed by atoms with van der Waals surface area (Å²) < 4.78 is 5.83. The molecule has 1 aromatic heterocycles. The van der Waals surface area contributed by atoms with E-state index in [1.165, 1.54) is 18.4 Å². The lowest BCUT2D eigenvalue weighted by Gasteiger charge is -2.36. The monoisotopic (exact) mass is 484 g/mol. The van der Waals surface area contributed by atoms with Gasteiger partial charge in [-0.25, -0.2) is 0 Å². The lowest BCUT2D eigenvalue weighted by atomic mass is 9.99. The van der Waals surface area contributed by atoms with Gasteiger partial charge in [-0.3, -0.25) is 9.69 Å². The van der Waals surface area contributed by atoms with Gasteiger partial charge in [0.25, 0.3) is 0 Å². The van der Waals surface area contributed by atoms with Crippen molar-refractivity contribution in [3.8, 4) is 11.3 Å². The maximum Gasteiger partial charge on any atom is 0.317 e. The topological polar surface area (TPSA) is 79.0 Å². The average Bonchev–Trinajstić information content (AvgIpc) is 3.68. The van der Waals surface area contributed by atoms with E-state index in [1.807, 2.05) is 25.1 Å². The number of aryl methyl sites for hydroxylation is 1. The number of rotatable bonds is 8. The Morgan fingerprint density at radius 1 is 1.11 bits per heavy atom. The van der Waals surface area contributed by atoms with Crippen LogP contribution in [0, 0.1) is 11.8 Å². The molecule has 186 valence electrons. The highest BCUT2D eigenvalue weighted by Crippen LogP contribution is 2.44. The fourth-order valence-electron chi connectivity index (χ4n) is 5.14. The molecule has 2 aliphatic rings. The zero-order valence-electron chi connectivity index (χ0n) is 20.9. The van der Waals surface area contributed by atoms with E-state index in [2.05, 4.69) is 50.5 Å². The molecule has 1 aliphatic carbocycles. The van der Waals surface area contributed by atoms with Gasteiger partial charge < -0.3 is 9.42 Å². The molecule has 1 aliphatic heterocycles. The largest absolute Gasteiger partial charge is 0.369 e. The van der Waals surface area contributed by atoms with Gasteiger partial charge in [0.2, 0.25) is 0 Å². The van der Waals surface area contributed by atoms with Crippen LogP contribution >= 0.6 is 0 Å². The second-order valence-electron chi connectivity index (χ2n) is 9.69. The molecule has 0 atom stereocenters. The number of amides is 1. The number of nitrogens with zero attached hydrogens (tertiary/aromatic N) is 4. The van der Waals surface area contributed by atoms with Crippen molar-refractivity contribution in [2.75, 3.05) is 37.6 Å². The van der Waals surface area contributed by atoms with E-state index in [0.717, 1.165) is 73.0 Å². The molecule has 2 aromatic carbocycles. The molecule has 0 spiro atoms. The molecule has 0 N–H and O–H groups in total. The minimum absolute atomic E-state index is 0.355. The Morgan fingerprint density at radius 2 is 1.86 bits per heavy atom. The summed E-state index contributed by atoms with van der Waals surface area (Å²) in [6, 6.07) is 16.4. The molecule has 7 nitrogen and oxygen atoms in total. The van der Waals surface area contributed by atoms with E-state index in [1.54, 1.807) is 13.0 Å². The third kappa shape index (κ3) is 5.02. The number of carbonyl (C=O) groups excluding carboxylic acids is 1. The first-order valence-corrected chi connectivity index (χ1v) is 12.7. The van der Waals surface area contributed by atoms with Crippen molar-refractivity contribution in [2.24, 2.45) is 5.18 Å². The molecule has 0 unspecified atom stereocenters. The number of hydrogen-bond donors (Lipinski definition) is 0. The van der Waals surface area contributed by atoms with Gasteiger partial charge in [-0.2, -0.15) is 0 Å². The standard InChI is InChI=1S/C29H32N4O3/c1-3-24(29(34)30-35)25-12-11-23(19-20(25)2)33-17-15-32(16-18-33)14-13-26-27(21-7-5-4-6-8-21)31-36-28(26)22-9-10-22/h3-8,11-12,19,22H,9-10,13-18H2,1-2H3/b24-3+. The quantitative estimate of drug-likeness (QED) is 0.306. The van der Waals surface area contributed by atoms with Crippen molar-refractivity contribution < 1.29 is 9.32 Å². The molecule has 1 saturated heterocycles. The van der Waals surface area contributed by atoms with Gasteiger partial charge in [0, 0.05) is 66.2 Å². The first-order valence-electron chi connectivity index (χ1n) is 12.7. The van der Waals surface area contributed by atoms with Crippen LogP contribution in [0.15, 0.2) is 64.3 Å². The minimum Gasteiger partial charge on any atom is -0.369 e. The van der Waals surface area contributed by atoms with Crippen molar-refractivity contribution in [1.29, 1.82) is 0 Å². The van der Waals surface area contributed by atoms with Gasteiger partial charge in [0.05, 0.1) is 0 Å². The van der Waals surface area contributed by atoms with Crippen LogP contribution in [0.3, 0.4) is 0 Å². The third-order valence-corrected chi connectivity index (χ3v) is 7.33. The molecule has 0 bridgehead atoms. The Balaban J connectivity index is 1.22. The first kappa shape index (κ1) is 24.1. The number of hydrogen-bond acceptors (Lipinski definition) is 6. The van der Waals surface area contributed by atoms with E-state index in [-0.39, 0.29) is 0 Å². The smallest absolute Gasteiger partial charge is 0.317 e. The van der Waals surface area contributed by atoms with Crippen LogP contribution in [0.25, 0.3) is 16.8 Å². The van der Waals surface area contributed by atoms with Crippen molar-refractivity contribution in [3.63, 3.8) is 0 Å². The van der Waals surface area contributed by atoms with Gasteiger partial charge in [0.15, 0.2) is 0 Å². The number of carbonyl (C=O) groups is 1. The Morgan fingerprint density at radius 3 is 2.50 bits per heavy atom. The van der Waals surface area contributed by atoms with Gasteiger partial charge in [-0.1, -0.05) is 47.6 Å². The summed E-state index contributed by atoms with van der Waals surface area (Å²) in [5, 5.41) is 7.05. The Kier molecular flexibility index (Phi) is 7.09. The summed E-state index contributed by atoms with van der Waals surface area (Å²) in [5.41, 5.74) is 6.62. The number of anilines is 1. The van der Waals surface area contributed by atoms with E-state index in [9.17, 15) is 9.70 Å². The van der Waals surface area contributed by atoms with Crippen LogP contribution in [-0.4, -0.2) is 48.7 Å². The Bertz CT molecular complexity index is 1270. The lowest BCUT2D eigenvalue weighted by molar-refractivity contribution is -0.112. The maximum atomic E-state index is 11.9. The van der Waals surface area contributed by atoms with E-state index < -0.39 is 5.91 Å². The summed E-state index contributed by atoms with van der Waals surface area (Å²) >= 11 is 0. The van der Waals surface area contributed by atoms with Gasteiger partial charge in [0.1, 0.15) is 11.5 Å². The Hall–Kier alpha value is -3.58. The predicted molar refractivity (Wildman–Crippen MR) is 142 cm³/mol. The SMILES string of the molecule is C/C=C(/C(=O)N=O)c1ccc(N2CCN(CCc3c(-c4ccccc4)noc3C3CC3)CC2)cc1C. The number of allylic oxidation sites excluding steroid dienone is 1. The van der Waals surface area contributed by atoms with Crippen LogP contribution in [0.1, 0.15) is 48.1 Å². The highest BCUT2D eigenvalue weighted by atomic mass is 16.5. The highest BCUT2D eigenvalue weighted by Gasteiger charge is 2.32. The molecule has 7 heteroatoms. The third-order valence-electron chi connectivity index (χ3n) is 7.33. The second-order valence-corrected chi connectivity index (χ2v) is 9.69. The zero-order valence-corrected chi connectivity index (χ0v) is 20.9. The fraction of sp³-hybridized carbons (Fsp3) is 0.379. The number of aromatic nitrogens is 1. The van der Waals surface area contributed by atoms with Crippen molar-refractivity contribution in [1.82, 2.24) is 10.1 Å². The van der Waals surface area contributed by atoms with E-state index in [4.69, 9.17) is 4.52 Å².